The molecule has 2 N–H and O–H groups in total. The van der Waals surface area contributed by atoms with Gasteiger partial charge in [0.15, 0.2) is 9.84 Å². The number of nitrogens with two attached hydrogens (primary N) is 1. The van der Waals surface area contributed by atoms with Gasteiger partial charge >= 0.3 is 0 Å². The molecule has 1 aromatic carbocycles. The molecule has 118 valence electrons. The zero-order valence-corrected chi connectivity index (χ0v) is 13.5. The molecule has 1 aliphatic heterocycles. The number of hydrogen-bond donors (Lipinski definition) is 1. The summed E-state index contributed by atoms with van der Waals surface area (Å²) in [5, 5.41) is 0. The lowest BCUT2D eigenvalue weighted by Gasteiger charge is -2.33. The Labute approximate surface area is 127 Å². The highest BCUT2D eigenvalue weighted by molar-refractivity contribution is 7.90. The molecule has 1 saturated heterocycles. The second-order valence-corrected chi connectivity index (χ2v) is 8.06. The molecule has 0 radical (unpaired) electrons. The Morgan fingerprint density at radius 3 is 2.86 bits per heavy atom. The van der Waals surface area contributed by atoms with Crippen LogP contribution in [0.3, 0.4) is 0 Å². The van der Waals surface area contributed by atoms with E-state index in [0.29, 0.717) is 0 Å². The Morgan fingerprint density at radius 2 is 2.19 bits per heavy atom. The van der Waals surface area contributed by atoms with Gasteiger partial charge in [-0.2, -0.15) is 0 Å². The largest absolute Gasteiger partial charge is 0.490 e. The fourth-order valence-electron chi connectivity index (χ4n) is 2.53. The maximum absolute atomic E-state index is 11.2. The summed E-state index contributed by atoms with van der Waals surface area (Å²) >= 11 is 0. The molecule has 1 aliphatic rings. The lowest BCUT2D eigenvalue weighted by atomic mass is 10.0. The maximum Gasteiger partial charge on any atom is 0.150 e. The third-order valence-electron chi connectivity index (χ3n) is 3.62. The van der Waals surface area contributed by atoms with Gasteiger partial charge in [0.1, 0.15) is 12.4 Å². The summed E-state index contributed by atoms with van der Waals surface area (Å²) in [6.07, 6.45) is 3.33. The molecule has 0 aromatic heterocycles. The van der Waals surface area contributed by atoms with Crippen LogP contribution in [-0.4, -0.2) is 46.2 Å². The summed E-state index contributed by atoms with van der Waals surface area (Å²) in [5.41, 5.74) is 8.21. The molecule has 1 aromatic rings. The fraction of sp³-hybridized carbons (Fsp3) is 0.600. The van der Waals surface area contributed by atoms with Crippen LogP contribution in [0, 0.1) is 6.92 Å². The van der Waals surface area contributed by atoms with E-state index in [1.165, 1.54) is 6.26 Å². The van der Waals surface area contributed by atoms with E-state index >= 15 is 0 Å². The van der Waals surface area contributed by atoms with Crippen LogP contribution in [0.1, 0.15) is 18.4 Å². The van der Waals surface area contributed by atoms with Gasteiger partial charge in [-0.15, -0.1) is 0 Å². The normalized spacial score (nSPS) is 19.6. The van der Waals surface area contributed by atoms with Crippen molar-refractivity contribution in [3.63, 3.8) is 0 Å². The average Bonchev–Trinajstić information content (AvgIpc) is 2.39. The fourth-order valence-corrected chi connectivity index (χ4v) is 2.91. The molecule has 1 fully saturated rings. The van der Waals surface area contributed by atoms with Crippen LogP contribution in [0.5, 0.6) is 5.75 Å². The number of hydrogen-bond acceptors (Lipinski definition) is 5. The quantitative estimate of drug-likeness (QED) is 0.888. The smallest absolute Gasteiger partial charge is 0.150 e. The topological polar surface area (TPSA) is 72.6 Å². The van der Waals surface area contributed by atoms with Gasteiger partial charge in [0.25, 0.3) is 0 Å². The van der Waals surface area contributed by atoms with Crippen LogP contribution in [0.15, 0.2) is 18.2 Å². The second kappa shape index (κ2) is 6.66. The molecule has 0 aliphatic carbocycles. The summed E-state index contributed by atoms with van der Waals surface area (Å²) < 4.78 is 28.1. The van der Waals surface area contributed by atoms with Crippen molar-refractivity contribution in [3.8, 4) is 5.75 Å². The third kappa shape index (κ3) is 4.89. The van der Waals surface area contributed by atoms with Crippen molar-refractivity contribution in [1.29, 1.82) is 0 Å². The van der Waals surface area contributed by atoms with Gasteiger partial charge in [-0.1, -0.05) is 6.07 Å². The highest BCUT2D eigenvalue weighted by atomic mass is 32.2. The predicted octanol–water partition coefficient (Wildman–Crippen LogP) is 1.35. The summed E-state index contributed by atoms with van der Waals surface area (Å²) in [6, 6.07) is 6.15. The number of anilines is 1. The minimum atomic E-state index is -3.01. The predicted molar refractivity (Wildman–Crippen MR) is 85.8 cm³/mol. The first-order valence-corrected chi connectivity index (χ1v) is 9.33. The van der Waals surface area contributed by atoms with Crippen molar-refractivity contribution >= 4 is 15.5 Å². The van der Waals surface area contributed by atoms with Crippen LogP contribution in [0.4, 0.5) is 5.69 Å². The first-order valence-electron chi connectivity index (χ1n) is 7.27. The number of benzene rings is 1. The second-order valence-electron chi connectivity index (χ2n) is 5.80. The van der Waals surface area contributed by atoms with E-state index in [1.807, 2.05) is 19.1 Å². The van der Waals surface area contributed by atoms with Gasteiger partial charge in [0, 0.05) is 25.4 Å². The van der Waals surface area contributed by atoms with Gasteiger partial charge < -0.3 is 15.4 Å². The molecule has 21 heavy (non-hydrogen) atoms. The van der Waals surface area contributed by atoms with Crippen molar-refractivity contribution in [2.75, 3.05) is 36.6 Å². The van der Waals surface area contributed by atoms with E-state index < -0.39 is 9.84 Å². The van der Waals surface area contributed by atoms with Gasteiger partial charge in [0.2, 0.25) is 0 Å². The van der Waals surface area contributed by atoms with Crippen molar-refractivity contribution in [1.82, 2.24) is 0 Å². The van der Waals surface area contributed by atoms with Crippen molar-refractivity contribution in [2.45, 2.75) is 25.8 Å². The zero-order chi connectivity index (χ0) is 15.5. The molecule has 0 spiro atoms. The number of piperidine rings is 1. The molecule has 6 heteroatoms. The van der Waals surface area contributed by atoms with Crippen molar-refractivity contribution in [2.24, 2.45) is 5.73 Å². The number of aryl methyl sites for hydroxylation is 1. The summed E-state index contributed by atoms with van der Waals surface area (Å²) in [5.74, 6) is 0.762. The number of ether oxygens (including phenoxy) is 1. The van der Waals surface area contributed by atoms with Crippen LogP contribution in [0.25, 0.3) is 0 Å². The Morgan fingerprint density at radius 1 is 1.43 bits per heavy atom. The first kappa shape index (κ1) is 16.1. The Kier molecular flexibility index (Phi) is 5.11. The summed E-state index contributed by atoms with van der Waals surface area (Å²) in [7, 11) is -3.01. The molecule has 1 atom stereocenters. The van der Waals surface area contributed by atoms with E-state index in [-0.39, 0.29) is 18.4 Å². The summed E-state index contributed by atoms with van der Waals surface area (Å²) in [4.78, 5) is 2.23. The van der Waals surface area contributed by atoms with Gasteiger partial charge in [-0.05, 0) is 37.5 Å². The molecule has 1 unspecified atom stereocenters. The molecule has 0 saturated carbocycles. The van der Waals surface area contributed by atoms with E-state index in [2.05, 4.69) is 11.0 Å². The lowest BCUT2D eigenvalue weighted by Crippen LogP contribution is -2.43. The Bertz CT molecular complexity index is 587. The third-order valence-corrected chi connectivity index (χ3v) is 4.53. The summed E-state index contributed by atoms with van der Waals surface area (Å²) in [6.45, 7) is 3.98. The van der Waals surface area contributed by atoms with E-state index in [0.717, 1.165) is 42.9 Å². The molecule has 0 bridgehead atoms. The van der Waals surface area contributed by atoms with Crippen molar-refractivity contribution in [3.05, 3.63) is 23.8 Å². The standard InChI is InChI=1S/C15H24N2O3S/c1-12-5-6-15(20-8-9-21(2,18)19)14(10-12)17-7-3-4-13(16)11-17/h5-6,10,13H,3-4,7-9,11,16H2,1-2H3. The Balaban J connectivity index is 2.13. The van der Waals surface area contributed by atoms with E-state index in [1.54, 1.807) is 0 Å². The molecule has 2 rings (SSSR count). The van der Waals surface area contributed by atoms with Crippen molar-refractivity contribution < 1.29 is 13.2 Å². The average molecular weight is 312 g/mol. The molecular formula is C15H24N2O3S. The highest BCUT2D eigenvalue weighted by Gasteiger charge is 2.20. The van der Waals surface area contributed by atoms with Gasteiger partial charge in [-0.3, -0.25) is 0 Å². The minimum absolute atomic E-state index is 0.0276. The SMILES string of the molecule is Cc1ccc(OCCS(C)(=O)=O)c(N2CCCC(N)C2)c1. The molecular weight excluding hydrogens is 288 g/mol. The van der Waals surface area contributed by atoms with Crippen LogP contribution in [-0.2, 0) is 9.84 Å². The van der Waals surface area contributed by atoms with E-state index in [9.17, 15) is 8.42 Å². The van der Waals surface area contributed by atoms with Crippen LogP contribution < -0.4 is 15.4 Å². The molecule has 5 nitrogen and oxygen atoms in total. The van der Waals surface area contributed by atoms with Gasteiger partial charge in [-0.25, -0.2) is 8.42 Å². The molecule has 1 heterocycles. The van der Waals surface area contributed by atoms with Gasteiger partial charge in [0.05, 0.1) is 11.4 Å². The number of sulfone groups is 1. The molecule has 0 amide bonds. The minimum Gasteiger partial charge on any atom is -0.490 e. The lowest BCUT2D eigenvalue weighted by molar-refractivity contribution is 0.340. The zero-order valence-electron chi connectivity index (χ0n) is 12.7. The van der Waals surface area contributed by atoms with E-state index in [4.69, 9.17) is 10.5 Å². The highest BCUT2D eigenvalue weighted by Crippen LogP contribution is 2.31. The van der Waals surface area contributed by atoms with Crippen LogP contribution in [0.2, 0.25) is 0 Å². The maximum atomic E-state index is 11.2. The number of nitrogens with zero attached hydrogens (tertiary/aromatic N) is 1. The number of rotatable bonds is 5. The van der Waals surface area contributed by atoms with Crippen LogP contribution >= 0.6 is 0 Å². The first-order chi connectivity index (χ1) is 9.85. The monoisotopic (exact) mass is 312 g/mol. The Hall–Kier alpha value is -1.27.